The fourth-order valence-electron chi connectivity index (χ4n) is 0.984. The Bertz CT molecular complexity index is 154. The molecule has 2 atom stereocenters. The number of carbonyl (C=O) groups excluding carboxylic acids is 1. The van der Waals surface area contributed by atoms with Crippen molar-refractivity contribution in [2.45, 2.75) is 25.2 Å². The molecule has 3 heteroatoms. The third kappa shape index (κ3) is 0.351. The van der Waals surface area contributed by atoms with E-state index in [1.54, 1.807) is 6.92 Å². The first-order valence-corrected chi connectivity index (χ1v) is 2.60. The summed E-state index contributed by atoms with van der Waals surface area (Å²) in [5.41, 5.74) is 0. The number of carbonyl (C=O) groups is 1. The van der Waals surface area contributed by atoms with Crippen LogP contribution in [0.4, 0.5) is 0 Å². The summed E-state index contributed by atoms with van der Waals surface area (Å²) in [6, 6.07) is 0. The molecule has 2 heterocycles. The molecule has 2 aliphatic heterocycles. The molecule has 0 amide bonds. The first-order valence-electron chi connectivity index (χ1n) is 2.60. The second-order valence-electron chi connectivity index (χ2n) is 2.30. The smallest absolute Gasteiger partial charge is 0.311 e. The number of hydrogen-bond donors (Lipinski definition) is 0. The van der Waals surface area contributed by atoms with Crippen LogP contribution >= 0.6 is 0 Å². The monoisotopic (exact) mass is 114 g/mol. The highest BCUT2D eigenvalue weighted by Crippen LogP contribution is 2.45. The highest BCUT2D eigenvalue weighted by molar-refractivity contribution is 5.74. The molecule has 3 nitrogen and oxygen atoms in total. The minimum Gasteiger partial charge on any atom is -0.430 e. The van der Waals surface area contributed by atoms with E-state index < -0.39 is 5.79 Å². The second kappa shape index (κ2) is 0.910. The molecule has 0 aromatic heterocycles. The zero-order valence-electron chi connectivity index (χ0n) is 4.51. The van der Waals surface area contributed by atoms with Crippen molar-refractivity contribution >= 4 is 5.97 Å². The van der Waals surface area contributed by atoms with Crippen LogP contribution in [-0.4, -0.2) is 17.9 Å². The van der Waals surface area contributed by atoms with Gasteiger partial charge in [0.1, 0.15) is 6.10 Å². The van der Waals surface area contributed by atoms with Crippen molar-refractivity contribution in [1.29, 1.82) is 0 Å². The Morgan fingerprint density at radius 3 is 2.88 bits per heavy atom. The predicted octanol–water partition coefficient (Wildman–Crippen LogP) is 0.0483. The average Bonchev–Trinajstić information content (AvgIpc) is 2.07. The fourth-order valence-corrected chi connectivity index (χ4v) is 0.984. The number of rotatable bonds is 0. The largest absolute Gasteiger partial charge is 0.430 e. The van der Waals surface area contributed by atoms with Crippen LogP contribution in [-0.2, 0) is 14.3 Å². The van der Waals surface area contributed by atoms with Gasteiger partial charge in [0.25, 0.3) is 0 Å². The van der Waals surface area contributed by atoms with Gasteiger partial charge in [-0.3, -0.25) is 4.79 Å². The van der Waals surface area contributed by atoms with Crippen molar-refractivity contribution in [3.8, 4) is 0 Å². The first-order chi connectivity index (χ1) is 3.71. The van der Waals surface area contributed by atoms with Gasteiger partial charge in [0, 0.05) is 6.92 Å². The van der Waals surface area contributed by atoms with E-state index in [1.165, 1.54) is 0 Å². The van der Waals surface area contributed by atoms with E-state index in [0.717, 1.165) is 0 Å². The van der Waals surface area contributed by atoms with Crippen LogP contribution in [0.3, 0.4) is 0 Å². The van der Waals surface area contributed by atoms with Crippen LogP contribution in [0, 0.1) is 0 Å². The van der Waals surface area contributed by atoms with Gasteiger partial charge in [-0.1, -0.05) is 0 Å². The SMILES string of the molecule is CC12OC(=O)CC1O2. The predicted molar refractivity (Wildman–Crippen MR) is 24.0 cm³/mol. The number of hydrogen-bond acceptors (Lipinski definition) is 3. The molecule has 2 fully saturated rings. The molecule has 2 aliphatic rings. The molecule has 2 unspecified atom stereocenters. The topological polar surface area (TPSA) is 38.8 Å². The molecule has 0 aliphatic carbocycles. The van der Waals surface area contributed by atoms with E-state index >= 15 is 0 Å². The quantitative estimate of drug-likeness (QED) is 0.330. The Morgan fingerprint density at radius 2 is 2.62 bits per heavy atom. The van der Waals surface area contributed by atoms with Gasteiger partial charge in [0.15, 0.2) is 0 Å². The maximum Gasteiger partial charge on any atom is 0.311 e. The van der Waals surface area contributed by atoms with Gasteiger partial charge < -0.3 is 9.47 Å². The minimum absolute atomic E-state index is 0.0648. The molecule has 0 aromatic rings. The van der Waals surface area contributed by atoms with E-state index in [0.29, 0.717) is 6.42 Å². The molecule has 44 valence electrons. The van der Waals surface area contributed by atoms with Gasteiger partial charge in [-0.15, -0.1) is 0 Å². The van der Waals surface area contributed by atoms with Gasteiger partial charge in [0.05, 0.1) is 6.42 Å². The second-order valence-corrected chi connectivity index (χ2v) is 2.30. The molecule has 0 spiro atoms. The van der Waals surface area contributed by atoms with Crippen molar-refractivity contribution in [2.24, 2.45) is 0 Å². The van der Waals surface area contributed by atoms with Crippen molar-refractivity contribution in [3.63, 3.8) is 0 Å². The van der Waals surface area contributed by atoms with E-state index in [9.17, 15) is 4.79 Å². The van der Waals surface area contributed by atoms with E-state index in [2.05, 4.69) is 0 Å². The highest BCUT2D eigenvalue weighted by Gasteiger charge is 2.62. The lowest BCUT2D eigenvalue weighted by Gasteiger charge is -1.98. The number of ether oxygens (including phenoxy) is 2. The van der Waals surface area contributed by atoms with Crippen LogP contribution < -0.4 is 0 Å². The Kier molecular flexibility index (Phi) is 0.492. The lowest BCUT2D eigenvalue weighted by Crippen LogP contribution is -2.08. The van der Waals surface area contributed by atoms with Gasteiger partial charge in [-0.2, -0.15) is 0 Å². The molecule has 2 saturated heterocycles. The first kappa shape index (κ1) is 4.32. The number of esters is 1. The maximum atomic E-state index is 10.4. The molecule has 0 saturated carbocycles. The maximum absolute atomic E-state index is 10.4. The van der Waals surface area contributed by atoms with E-state index in [1.807, 2.05) is 0 Å². The third-order valence-corrected chi connectivity index (χ3v) is 1.57. The number of epoxide rings is 1. The fraction of sp³-hybridized carbons (Fsp3) is 0.800. The summed E-state index contributed by atoms with van der Waals surface area (Å²) in [5.74, 6) is -0.652. The Balaban J connectivity index is 2.21. The third-order valence-electron chi connectivity index (χ3n) is 1.57. The average molecular weight is 114 g/mol. The lowest BCUT2D eigenvalue weighted by atomic mass is 10.3. The van der Waals surface area contributed by atoms with Gasteiger partial charge in [0.2, 0.25) is 5.79 Å². The summed E-state index contributed by atoms with van der Waals surface area (Å²) in [5, 5.41) is 0. The Hall–Kier alpha value is -0.570. The Labute approximate surface area is 46.6 Å². The molecule has 2 rings (SSSR count). The summed E-state index contributed by atoms with van der Waals surface area (Å²) in [7, 11) is 0. The zero-order chi connectivity index (χ0) is 5.78. The van der Waals surface area contributed by atoms with Crippen LogP contribution in [0.1, 0.15) is 13.3 Å². The van der Waals surface area contributed by atoms with E-state index in [4.69, 9.17) is 9.47 Å². The van der Waals surface area contributed by atoms with Gasteiger partial charge in [-0.25, -0.2) is 0 Å². The summed E-state index contributed by atoms with van der Waals surface area (Å²) < 4.78 is 9.73. The van der Waals surface area contributed by atoms with Crippen molar-refractivity contribution in [1.82, 2.24) is 0 Å². The molecular weight excluding hydrogens is 108 g/mol. The van der Waals surface area contributed by atoms with Gasteiger partial charge >= 0.3 is 5.97 Å². The summed E-state index contributed by atoms with van der Waals surface area (Å²) in [6.45, 7) is 1.78. The molecule has 0 radical (unpaired) electrons. The molecule has 0 N–H and O–H groups in total. The van der Waals surface area contributed by atoms with Crippen LogP contribution in [0.25, 0.3) is 0 Å². The molecular formula is C5H6O3. The van der Waals surface area contributed by atoms with Crippen LogP contribution in [0.15, 0.2) is 0 Å². The van der Waals surface area contributed by atoms with Crippen molar-refractivity contribution < 1.29 is 14.3 Å². The summed E-state index contributed by atoms with van der Waals surface area (Å²) in [4.78, 5) is 10.4. The molecule has 0 bridgehead atoms. The van der Waals surface area contributed by atoms with Crippen LogP contribution in [0.2, 0.25) is 0 Å². The minimum atomic E-state index is -0.517. The van der Waals surface area contributed by atoms with Crippen molar-refractivity contribution in [2.75, 3.05) is 0 Å². The van der Waals surface area contributed by atoms with Crippen molar-refractivity contribution in [3.05, 3.63) is 0 Å². The van der Waals surface area contributed by atoms with E-state index in [-0.39, 0.29) is 12.1 Å². The van der Waals surface area contributed by atoms with Gasteiger partial charge in [-0.05, 0) is 0 Å². The Morgan fingerprint density at radius 1 is 1.88 bits per heavy atom. The molecule has 0 aromatic carbocycles. The van der Waals surface area contributed by atoms with Crippen LogP contribution in [0.5, 0.6) is 0 Å². The highest BCUT2D eigenvalue weighted by atomic mass is 16.8. The number of fused-ring (bicyclic) bond motifs is 1. The lowest BCUT2D eigenvalue weighted by molar-refractivity contribution is -0.154. The standard InChI is InChI=1S/C5H6O3/c1-5-3(7-5)2-4(6)8-5/h3H,2H2,1H3. The molecule has 8 heavy (non-hydrogen) atoms. The summed E-state index contributed by atoms with van der Waals surface area (Å²) in [6.07, 6.45) is 0.506. The summed E-state index contributed by atoms with van der Waals surface area (Å²) >= 11 is 0. The normalized spacial score (nSPS) is 50.6. The zero-order valence-corrected chi connectivity index (χ0v) is 4.51.